The summed E-state index contributed by atoms with van der Waals surface area (Å²) in [5.41, 5.74) is 1.30. The van der Waals surface area contributed by atoms with E-state index in [-0.39, 0.29) is 17.7 Å². The number of nitrogens with zero attached hydrogens (tertiary/aromatic N) is 2. The number of anilines is 1. The minimum atomic E-state index is -0.513. The number of hydrogen-bond acceptors (Lipinski definition) is 5. The van der Waals surface area contributed by atoms with Crippen molar-refractivity contribution in [3.05, 3.63) is 52.7 Å². The Balaban J connectivity index is 1.31. The van der Waals surface area contributed by atoms with Crippen LogP contribution in [0.3, 0.4) is 0 Å². The van der Waals surface area contributed by atoms with E-state index in [4.69, 9.17) is 0 Å². The number of nitrogens with one attached hydrogen (secondary N) is 2. The average molecular weight is 443 g/mol. The van der Waals surface area contributed by atoms with Crippen molar-refractivity contribution in [2.75, 3.05) is 44.2 Å². The van der Waals surface area contributed by atoms with Gasteiger partial charge in [-0.05, 0) is 48.9 Å². The minimum Gasteiger partial charge on any atom is -0.369 e. The Morgan fingerprint density at radius 1 is 1.00 bits per heavy atom. The lowest BCUT2D eigenvalue weighted by Crippen LogP contribution is -2.49. The van der Waals surface area contributed by atoms with Gasteiger partial charge in [-0.1, -0.05) is 38.1 Å². The molecule has 1 fully saturated rings. The van der Waals surface area contributed by atoms with Crippen LogP contribution in [0.1, 0.15) is 36.4 Å². The molecule has 2 N–H and O–H groups in total. The molecule has 2 heterocycles. The lowest BCUT2D eigenvalue weighted by molar-refractivity contribution is -0.123. The first-order valence-electron chi connectivity index (χ1n) is 11.2. The van der Waals surface area contributed by atoms with Crippen LogP contribution in [0.4, 0.5) is 5.69 Å². The van der Waals surface area contributed by atoms with E-state index in [0.717, 1.165) is 45.6 Å². The fourth-order valence-electron chi connectivity index (χ4n) is 3.81. The molecule has 2 aromatic rings. The SMILES string of the molecule is CC(C)[C@H](NC(=O)c1cccs1)C(=O)NCCCCN1CCN(c2ccccc2)CC1. The number of hydrogen-bond donors (Lipinski definition) is 2. The van der Waals surface area contributed by atoms with Crippen LogP contribution < -0.4 is 15.5 Å². The summed E-state index contributed by atoms with van der Waals surface area (Å²) in [6.45, 7) is 9.86. The van der Waals surface area contributed by atoms with E-state index in [1.165, 1.54) is 17.0 Å². The lowest BCUT2D eigenvalue weighted by atomic mass is 10.0. The van der Waals surface area contributed by atoms with E-state index in [9.17, 15) is 9.59 Å². The zero-order valence-electron chi connectivity index (χ0n) is 18.5. The van der Waals surface area contributed by atoms with Gasteiger partial charge in [0.25, 0.3) is 5.91 Å². The van der Waals surface area contributed by atoms with Gasteiger partial charge in [-0.2, -0.15) is 0 Å². The van der Waals surface area contributed by atoms with Crippen LogP contribution in [0.2, 0.25) is 0 Å². The van der Waals surface area contributed by atoms with Gasteiger partial charge in [-0.25, -0.2) is 0 Å². The summed E-state index contributed by atoms with van der Waals surface area (Å²) in [7, 11) is 0. The van der Waals surface area contributed by atoms with Crippen LogP contribution in [0, 0.1) is 5.92 Å². The minimum absolute atomic E-state index is 0.0322. The molecule has 0 radical (unpaired) electrons. The summed E-state index contributed by atoms with van der Waals surface area (Å²) < 4.78 is 0. The highest BCUT2D eigenvalue weighted by Crippen LogP contribution is 2.15. The third-order valence-corrected chi connectivity index (χ3v) is 6.54. The maximum Gasteiger partial charge on any atom is 0.262 e. The van der Waals surface area contributed by atoms with Gasteiger partial charge in [0.2, 0.25) is 5.91 Å². The number of amides is 2. The predicted octanol–water partition coefficient (Wildman–Crippen LogP) is 3.22. The number of thiophene rings is 1. The van der Waals surface area contributed by atoms with Gasteiger partial charge >= 0.3 is 0 Å². The molecular formula is C24H34N4O2S. The van der Waals surface area contributed by atoms with Crippen LogP contribution in [0.15, 0.2) is 47.8 Å². The molecule has 6 nitrogen and oxygen atoms in total. The molecule has 0 spiro atoms. The third-order valence-electron chi connectivity index (χ3n) is 5.67. The van der Waals surface area contributed by atoms with Crippen molar-refractivity contribution < 1.29 is 9.59 Å². The van der Waals surface area contributed by atoms with Crippen LogP contribution in [0.25, 0.3) is 0 Å². The first-order chi connectivity index (χ1) is 15.0. The second-order valence-corrected chi connectivity index (χ2v) is 9.28. The molecule has 1 aliphatic rings. The van der Waals surface area contributed by atoms with Crippen LogP contribution in [-0.4, -0.2) is 62.0 Å². The molecule has 7 heteroatoms. The summed E-state index contributed by atoms with van der Waals surface area (Å²) in [6.07, 6.45) is 1.99. The van der Waals surface area contributed by atoms with Crippen LogP contribution in [0.5, 0.6) is 0 Å². The van der Waals surface area contributed by atoms with Gasteiger partial charge in [0, 0.05) is 38.4 Å². The number of benzene rings is 1. The Hall–Kier alpha value is -2.38. The zero-order valence-corrected chi connectivity index (χ0v) is 19.4. The number of piperazine rings is 1. The largest absolute Gasteiger partial charge is 0.369 e. The van der Waals surface area contributed by atoms with Crippen molar-refractivity contribution in [3.8, 4) is 0 Å². The molecule has 1 atom stereocenters. The van der Waals surface area contributed by atoms with Crippen molar-refractivity contribution in [2.24, 2.45) is 5.92 Å². The normalized spacial score (nSPS) is 15.6. The van der Waals surface area contributed by atoms with Crippen molar-refractivity contribution in [3.63, 3.8) is 0 Å². The predicted molar refractivity (Wildman–Crippen MR) is 128 cm³/mol. The molecule has 1 aromatic heterocycles. The molecule has 1 saturated heterocycles. The van der Waals surface area contributed by atoms with E-state index in [1.54, 1.807) is 6.07 Å². The molecule has 1 aromatic carbocycles. The maximum atomic E-state index is 12.6. The average Bonchev–Trinajstić information content (AvgIpc) is 3.33. The van der Waals surface area contributed by atoms with Crippen molar-refractivity contribution in [2.45, 2.75) is 32.7 Å². The second kappa shape index (κ2) is 11.9. The van der Waals surface area contributed by atoms with Gasteiger partial charge in [0.05, 0.1) is 4.88 Å². The van der Waals surface area contributed by atoms with Crippen LogP contribution >= 0.6 is 11.3 Å². The summed E-state index contributed by atoms with van der Waals surface area (Å²) >= 11 is 1.38. The van der Waals surface area contributed by atoms with Gasteiger partial charge in [-0.15, -0.1) is 11.3 Å². The van der Waals surface area contributed by atoms with Crippen molar-refractivity contribution >= 4 is 28.8 Å². The van der Waals surface area contributed by atoms with E-state index in [2.05, 4.69) is 50.8 Å². The Kier molecular flexibility index (Phi) is 8.91. The highest BCUT2D eigenvalue weighted by molar-refractivity contribution is 7.12. The Bertz CT molecular complexity index is 802. The molecule has 31 heavy (non-hydrogen) atoms. The molecule has 0 bridgehead atoms. The number of carbonyl (C=O) groups is 2. The Morgan fingerprint density at radius 2 is 1.74 bits per heavy atom. The summed E-state index contributed by atoms with van der Waals surface area (Å²) in [5.74, 6) is -0.250. The molecule has 0 aliphatic carbocycles. The lowest BCUT2D eigenvalue weighted by Gasteiger charge is -2.36. The second-order valence-electron chi connectivity index (χ2n) is 8.33. The van der Waals surface area contributed by atoms with Gasteiger partial charge in [0.15, 0.2) is 0 Å². The monoisotopic (exact) mass is 442 g/mol. The molecule has 0 saturated carbocycles. The molecule has 3 rings (SSSR count). The zero-order chi connectivity index (χ0) is 22.1. The topological polar surface area (TPSA) is 64.7 Å². The maximum absolute atomic E-state index is 12.6. The molecule has 0 unspecified atom stereocenters. The van der Waals surface area contributed by atoms with E-state index in [1.807, 2.05) is 25.3 Å². The summed E-state index contributed by atoms with van der Waals surface area (Å²) in [6, 6.07) is 13.7. The Labute approximate surface area is 189 Å². The quantitative estimate of drug-likeness (QED) is 0.555. The van der Waals surface area contributed by atoms with Crippen molar-refractivity contribution in [1.82, 2.24) is 15.5 Å². The highest BCUT2D eigenvalue weighted by Gasteiger charge is 2.24. The first kappa shape index (κ1) is 23.3. The number of unbranched alkanes of at least 4 members (excludes halogenated alkanes) is 1. The molecule has 2 amide bonds. The van der Waals surface area contributed by atoms with Gasteiger partial charge < -0.3 is 15.5 Å². The highest BCUT2D eigenvalue weighted by atomic mass is 32.1. The summed E-state index contributed by atoms with van der Waals surface area (Å²) in [5, 5.41) is 7.74. The van der Waals surface area contributed by atoms with Crippen molar-refractivity contribution in [1.29, 1.82) is 0 Å². The third kappa shape index (κ3) is 7.08. The smallest absolute Gasteiger partial charge is 0.262 e. The number of rotatable bonds is 10. The number of para-hydroxylation sites is 1. The van der Waals surface area contributed by atoms with Gasteiger partial charge in [0.1, 0.15) is 6.04 Å². The Morgan fingerprint density at radius 3 is 2.39 bits per heavy atom. The van der Waals surface area contributed by atoms with Crippen LogP contribution in [-0.2, 0) is 4.79 Å². The van der Waals surface area contributed by atoms with E-state index in [0.29, 0.717) is 11.4 Å². The summed E-state index contributed by atoms with van der Waals surface area (Å²) in [4.78, 5) is 30.5. The number of carbonyl (C=O) groups excluding carboxylic acids is 2. The van der Waals surface area contributed by atoms with E-state index < -0.39 is 6.04 Å². The fraction of sp³-hybridized carbons (Fsp3) is 0.500. The fourth-order valence-corrected chi connectivity index (χ4v) is 4.43. The molecule has 168 valence electrons. The van der Waals surface area contributed by atoms with Gasteiger partial charge in [-0.3, -0.25) is 14.5 Å². The standard InChI is InChI=1S/C24H34N4O2S/c1-19(2)22(26-23(29)21-11-8-18-31-21)24(30)25-12-6-7-13-27-14-16-28(17-15-27)20-9-4-3-5-10-20/h3-5,8-11,18-19,22H,6-7,12-17H2,1-2H3,(H,25,30)(H,26,29)/t22-/m0/s1. The molecule has 1 aliphatic heterocycles. The van der Waals surface area contributed by atoms with E-state index >= 15 is 0 Å². The first-order valence-corrected chi connectivity index (χ1v) is 12.1. The molecular weight excluding hydrogens is 408 g/mol.